The smallest absolute Gasteiger partial charge is 0.312 e. The summed E-state index contributed by atoms with van der Waals surface area (Å²) in [6, 6.07) is 0.477. The second kappa shape index (κ2) is 6.34. The van der Waals surface area contributed by atoms with Crippen LogP contribution in [-0.4, -0.2) is 81.1 Å². The van der Waals surface area contributed by atoms with Gasteiger partial charge in [-0.15, -0.1) is 10.2 Å². The highest BCUT2D eigenvalue weighted by molar-refractivity contribution is 5.77. The van der Waals surface area contributed by atoms with Crippen molar-refractivity contribution >= 4 is 5.97 Å². The molecule has 1 N–H and O–H groups in total. The number of aliphatic carboxylic acids is 1. The highest BCUT2D eigenvalue weighted by Gasteiger charge is 2.58. The van der Waals surface area contributed by atoms with E-state index in [1.54, 1.807) is 0 Å². The summed E-state index contributed by atoms with van der Waals surface area (Å²) in [6.07, 6.45) is 2.04. The second-order valence-corrected chi connectivity index (χ2v) is 7.82. The third-order valence-electron chi connectivity index (χ3n) is 6.39. The monoisotopic (exact) mass is 349 g/mol. The van der Waals surface area contributed by atoms with Gasteiger partial charge in [-0.05, 0) is 19.8 Å². The minimum atomic E-state index is -0.649. The molecule has 25 heavy (non-hydrogen) atoms. The molecule has 1 aromatic heterocycles. The summed E-state index contributed by atoms with van der Waals surface area (Å²) in [7, 11) is 1.96. The Bertz CT molecular complexity index is 657. The van der Waals surface area contributed by atoms with Crippen LogP contribution < -0.4 is 0 Å². The SMILES string of the molecule is Cc1nnc(CN2C[C@H]3CN(C4CCOCC4)C[C@@]3(C(=O)O)C2)n1C. The third kappa shape index (κ3) is 2.86. The van der Waals surface area contributed by atoms with E-state index in [0.29, 0.717) is 25.7 Å². The maximum Gasteiger partial charge on any atom is 0.312 e. The molecule has 0 saturated carbocycles. The summed E-state index contributed by atoms with van der Waals surface area (Å²) >= 11 is 0. The van der Waals surface area contributed by atoms with Crippen LogP contribution in [0.5, 0.6) is 0 Å². The van der Waals surface area contributed by atoms with Gasteiger partial charge in [0.25, 0.3) is 0 Å². The highest BCUT2D eigenvalue weighted by Crippen LogP contribution is 2.44. The van der Waals surface area contributed by atoms with Gasteiger partial charge in [-0.1, -0.05) is 0 Å². The Hall–Kier alpha value is -1.51. The van der Waals surface area contributed by atoms with Crippen LogP contribution in [0.2, 0.25) is 0 Å². The van der Waals surface area contributed by atoms with E-state index >= 15 is 0 Å². The molecule has 3 saturated heterocycles. The van der Waals surface area contributed by atoms with Crippen molar-refractivity contribution in [2.75, 3.05) is 39.4 Å². The van der Waals surface area contributed by atoms with Gasteiger partial charge < -0.3 is 14.4 Å². The molecule has 3 aliphatic heterocycles. The summed E-state index contributed by atoms with van der Waals surface area (Å²) in [5, 5.41) is 18.4. The quantitative estimate of drug-likeness (QED) is 0.827. The van der Waals surface area contributed by atoms with Gasteiger partial charge in [0.05, 0.1) is 12.0 Å². The zero-order chi connectivity index (χ0) is 17.6. The van der Waals surface area contributed by atoms with Crippen molar-refractivity contribution < 1.29 is 14.6 Å². The Morgan fingerprint density at radius 2 is 2.04 bits per heavy atom. The Morgan fingerprint density at radius 3 is 2.64 bits per heavy atom. The fraction of sp³-hybridized carbons (Fsp3) is 0.824. The summed E-state index contributed by atoms with van der Waals surface area (Å²) in [5.74, 6) is 1.32. The van der Waals surface area contributed by atoms with Crippen molar-refractivity contribution in [2.45, 2.75) is 32.4 Å². The first-order valence-electron chi connectivity index (χ1n) is 9.12. The standard InChI is InChI=1S/C17H27N5O3/c1-12-18-19-15(20(12)2)9-21-7-13-8-22(14-3-5-25-6-4-14)11-17(13,10-21)16(23)24/h13-14H,3-11H2,1-2H3,(H,23,24)/t13-,17-/m0/s1. The average Bonchev–Trinajstić information content (AvgIpc) is 3.22. The van der Waals surface area contributed by atoms with Gasteiger partial charge in [0.1, 0.15) is 11.6 Å². The van der Waals surface area contributed by atoms with E-state index in [2.05, 4.69) is 20.0 Å². The maximum absolute atomic E-state index is 12.2. The van der Waals surface area contributed by atoms with Crippen LogP contribution in [0.15, 0.2) is 0 Å². The number of nitrogens with zero attached hydrogens (tertiary/aromatic N) is 5. The first-order valence-corrected chi connectivity index (χ1v) is 9.12. The molecule has 8 heteroatoms. The third-order valence-corrected chi connectivity index (χ3v) is 6.39. The van der Waals surface area contributed by atoms with Crippen LogP contribution in [0.4, 0.5) is 0 Å². The minimum absolute atomic E-state index is 0.183. The number of rotatable bonds is 4. The Kier molecular flexibility index (Phi) is 4.29. The van der Waals surface area contributed by atoms with Crippen LogP contribution in [0, 0.1) is 18.3 Å². The fourth-order valence-corrected chi connectivity index (χ4v) is 4.75. The van der Waals surface area contributed by atoms with Crippen LogP contribution >= 0.6 is 0 Å². The average molecular weight is 349 g/mol. The number of carboxylic acid groups (broad SMARTS) is 1. The van der Waals surface area contributed by atoms with Crippen LogP contribution in [0.3, 0.4) is 0 Å². The number of hydrogen-bond donors (Lipinski definition) is 1. The summed E-state index contributed by atoms with van der Waals surface area (Å²) in [4.78, 5) is 16.8. The van der Waals surface area contributed by atoms with Crippen LogP contribution in [0.1, 0.15) is 24.5 Å². The lowest BCUT2D eigenvalue weighted by Gasteiger charge is -2.33. The van der Waals surface area contributed by atoms with Crippen molar-refractivity contribution in [2.24, 2.45) is 18.4 Å². The number of hydrogen-bond acceptors (Lipinski definition) is 6. The van der Waals surface area contributed by atoms with Crippen molar-refractivity contribution in [3.63, 3.8) is 0 Å². The first-order chi connectivity index (χ1) is 12.0. The fourth-order valence-electron chi connectivity index (χ4n) is 4.75. The molecule has 138 valence electrons. The zero-order valence-corrected chi connectivity index (χ0v) is 15.0. The lowest BCUT2D eigenvalue weighted by Crippen LogP contribution is -2.44. The van der Waals surface area contributed by atoms with Crippen molar-refractivity contribution in [1.82, 2.24) is 24.6 Å². The highest BCUT2D eigenvalue weighted by atomic mass is 16.5. The number of carboxylic acids is 1. The number of carbonyl (C=O) groups is 1. The molecular weight excluding hydrogens is 322 g/mol. The van der Waals surface area contributed by atoms with E-state index in [0.717, 1.165) is 50.8 Å². The molecule has 4 heterocycles. The van der Waals surface area contributed by atoms with Crippen molar-refractivity contribution in [3.8, 4) is 0 Å². The molecule has 1 aromatic rings. The molecule has 3 aliphatic rings. The molecule has 0 amide bonds. The normalized spacial score (nSPS) is 31.5. The van der Waals surface area contributed by atoms with Gasteiger partial charge in [-0.2, -0.15) is 0 Å². The molecule has 3 fully saturated rings. The van der Waals surface area contributed by atoms with E-state index in [4.69, 9.17) is 4.74 Å². The zero-order valence-electron chi connectivity index (χ0n) is 15.0. The maximum atomic E-state index is 12.2. The molecule has 2 atom stereocenters. The number of aromatic nitrogens is 3. The molecule has 0 aliphatic carbocycles. The van der Waals surface area contributed by atoms with Crippen LogP contribution in [0.25, 0.3) is 0 Å². The molecule has 0 spiro atoms. The summed E-state index contributed by atoms with van der Waals surface area (Å²) in [6.45, 7) is 7.14. The Balaban J connectivity index is 1.47. The second-order valence-electron chi connectivity index (χ2n) is 7.82. The molecule has 4 rings (SSSR count). The molecule has 0 unspecified atom stereocenters. The van der Waals surface area contributed by atoms with Crippen molar-refractivity contribution in [3.05, 3.63) is 11.6 Å². The molecule has 8 nitrogen and oxygen atoms in total. The molecule has 0 aromatic carbocycles. The minimum Gasteiger partial charge on any atom is -0.481 e. The van der Waals surface area contributed by atoms with Crippen molar-refractivity contribution in [1.29, 1.82) is 0 Å². The topological polar surface area (TPSA) is 83.7 Å². The van der Waals surface area contributed by atoms with Gasteiger partial charge >= 0.3 is 5.97 Å². The van der Waals surface area contributed by atoms with E-state index in [9.17, 15) is 9.90 Å². The first kappa shape index (κ1) is 16.9. The number of likely N-dealkylation sites (tertiary alicyclic amines) is 2. The number of aryl methyl sites for hydroxylation is 1. The predicted octanol–water partition coefficient (Wildman–Crippen LogP) is 0.121. The summed E-state index contributed by atoms with van der Waals surface area (Å²) < 4.78 is 7.44. The van der Waals surface area contributed by atoms with E-state index < -0.39 is 11.4 Å². The lowest BCUT2D eigenvalue weighted by atomic mass is 9.81. The van der Waals surface area contributed by atoms with Gasteiger partial charge in [-0.25, -0.2) is 0 Å². The molecule has 0 radical (unpaired) electrons. The van der Waals surface area contributed by atoms with Gasteiger partial charge in [0.2, 0.25) is 0 Å². The number of fused-ring (bicyclic) bond motifs is 1. The van der Waals surface area contributed by atoms with E-state index in [-0.39, 0.29) is 5.92 Å². The molecule has 0 bridgehead atoms. The lowest BCUT2D eigenvalue weighted by molar-refractivity contribution is -0.149. The predicted molar refractivity (Wildman–Crippen MR) is 90.0 cm³/mol. The Morgan fingerprint density at radius 1 is 1.28 bits per heavy atom. The van der Waals surface area contributed by atoms with E-state index in [1.165, 1.54) is 0 Å². The van der Waals surface area contributed by atoms with Gasteiger partial charge in [-0.3, -0.25) is 14.6 Å². The largest absolute Gasteiger partial charge is 0.481 e. The van der Waals surface area contributed by atoms with E-state index in [1.807, 2.05) is 18.5 Å². The molecular formula is C17H27N5O3. The number of ether oxygens (including phenoxy) is 1. The summed E-state index contributed by atoms with van der Waals surface area (Å²) in [5.41, 5.74) is -0.647. The Labute approximate surface area is 147 Å². The van der Waals surface area contributed by atoms with Gasteiger partial charge in [0.15, 0.2) is 0 Å². The van der Waals surface area contributed by atoms with Crippen LogP contribution in [-0.2, 0) is 23.1 Å². The van der Waals surface area contributed by atoms with Gasteiger partial charge in [0, 0.05) is 58.4 Å².